The van der Waals surface area contributed by atoms with E-state index in [2.05, 4.69) is 0 Å². The van der Waals surface area contributed by atoms with Gasteiger partial charge in [-0.2, -0.15) is 0 Å². The van der Waals surface area contributed by atoms with Crippen LogP contribution in [0.3, 0.4) is 0 Å². The normalized spacial score (nSPS) is 14.2. The number of fused-ring (bicyclic) bond motifs is 3. The fourth-order valence-electron chi connectivity index (χ4n) is 2.96. The number of aromatic nitrogens is 1. The van der Waals surface area contributed by atoms with Gasteiger partial charge in [0.1, 0.15) is 16.6 Å². The molecule has 27 heavy (non-hydrogen) atoms. The maximum atomic E-state index is 10.0. The smallest absolute Gasteiger partial charge is 0.178 e. The minimum absolute atomic E-state index is 0.439. The van der Waals surface area contributed by atoms with E-state index in [1.165, 1.54) is 18.0 Å². The van der Waals surface area contributed by atoms with Gasteiger partial charge >= 0.3 is 0 Å². The Balaban J connectivity index is 1.96. The third-order valence-corrected chi connectivity index (χ3v) is 5.79. The van der Waals surface area contributed by atoms with E-state index in [9.17, 15) is 9.11 Å². The van der Waals surface area contributed by atoms with Gasteiger partial charge in [0.2, 0.25) is 0 Å². The zero-order valence-electron chi connectivity index (χ0n) is 14.8. The molecule has 0 fully saturated rings. The summed E-state index contributed by atoms with van der Waals surface area (Å²) in [5.41, 5.74) is 2.68. The Morgan fingerprint density at radius 2 is 1.70 bits per heavy atom. The van der Waals surface area contributed by atoms with Crippen molar-refractivity contribution < 1.29 is 18.0 Å². The first-order chi connectivity index (χ1) is 13.0. The minimum atomic E-state index is -3.21. The first-order valence-electron chi connectivity index (χ1n) is 8.22. The average molecular weight is 402 g/mol. The molecule has 0 unspecified atom stereocenters. The summed E-state index contributed by atoms with van der Waals surface area (Å²) in [7, 11) is -1.59. The van der Waals surface area contributed by atoms with Crippen LogP contribution in [0.5, 0.6) is 5.75 Å². The van der Waals surface area contributed by atoms with E-state index >= 15 is 0 Å². The van der Waals surface area contributed by atoms with E-state index < -0.39 is 10.9 Å². The number of rotatable bonds is 4. The molecule has 2 N–H and O–H groups in total. The molecule has 0 saturated carbocycles. The van der Waals surface area contributed by atoms with Crippen LogP contribution in [0.2, 0.25) is 0 Å². The number of ether oxygens (including phenoxy) is 1. The van der Waals surface area contributed by atoms with Crippen LogP contribution in [-0.2, 0) is 4.18 Å². The molecule has 1 aliphatic rings. The van der Waals surface area contributed by atoms with E-state index in [1.807, 2.05) is 71.4 Å². The molecule has 7 heteroatoms. The SMILES string of the molecule is COc1ccc(C2=C(OS(C)(O)O)c3cccn3-c3ccccc3S2)cc1. The number of thioether (sulfide) groups is 1. The molecule has 1 aromatic heterocycles. The summed E-state index contributed by atoms with van der Waals surface area (Å²) in [5, 5.41) is 0. The van der Waals surface area contributed by atoms with Crippen LogP contribution < -0.4 is 4.74 Å². The van der Waals surface area contributed by atoms with Crippen LogP contribution in [0.1, 0.15) is 11.3 Å². The van der Waals surface area contributed by atoms with Gasteiger partial charge in [0.15, 0.2) is 5.76 Å². The fraction of sp³-hybridized carbons (Fsp3) is 0.100. The molecule has 0 radical (unpaired) electrons. The molecular formula is C20H19NO4S2. The highest BCUT2D eigenvalue weighted by atomic mass is 32.3. The first-order valence-corrected chi connectivity index (χ1v) is 10.9. The zero-order chi connectivity index (χ0) is 19.0. The van der Waals surface area contributed by atoms with Gasteiger partial charge in [-0.15, -0.1) is 0 Å². The third-order valence-electron chi connectivity index (χ3n) is 4.12. The lowest BCUT2D eigenvalue weighted by atomic mass is 10.1. The lowest BCUT2D eigenvalue weighted by molar-refractivity contribution is 0.372. The molecule has 5 nitrogen and oxygen atoms in total. The van der Waals surface area contributed by atoms with Gasteiger partial charge in [0.25, 0.3) is 0 Å². The van der Waals surface area contributed by atoms with E-state index in [-0.39, 0.29) is 0 Å². The summed E-state index contributed by atoms with van der Waals surface area (Å²) in [6.07, 6.45) is 3.22. The molecular weight excluding hydrogens is 382 g/mol. The predicted octanol–water partition coefficient (Wildman–Crippen LogP) is 5.73. The Kier molecular flexibility index (Phi) is 4.69. The topological polar surface area (TPSA) is 63.9 Å². The van der Waals surface area contributed by atoms with Crippen LogP contribution in [-0.4, -0.2) is 27.0 Å². The molecule has 3 aromatic rings. The fourth-order valence-corrected chi connectivity index (χ4v) is 4.63. The summed E-state index contributed by atoms with van der Waals surface area (Å²) in [6.45, 7) is 0. The van der Waals surface area contributed by atoms with Crippen LogP contribution in [0.15, 0.2) is 71.8 Å². The maximum Gasteiger partial charge on any atom is 0.178 e. The van der Waals surface area contributed by atoms with Gasteiger partial charge in [-0.25, -0.2) is 0 Å². The Morgan fingerprint density at radius 3 is 2.41 bits per heavy atom. The summed E-state index contributed by atoms with van der Waals surface area (Å²) in [5.74, 6) is 1.19. The molecule has 0 spiro atoms. The van der Waals surface area contributed by atoms with Crippen molar-refractivity contribution in [3.8, 4) is 11.4 Å². The zero-order valence-corrected chi connectivity index (χ0v) is 16.5. The average Bonchev–Trinajstić information content (AvgIpc) is 3.09. The summed E-state index contributed by atoms with van der Waals surface area (Å²) < 4.78 is 33.0. The molecule has 0 bridgehead atoms. The molecule has 140 valence electrons. The van der Waals surface area contributed by atoms with E-state index in [0.717, 1.165) is 32.5 Å². The van der Waals surface area contributed by atoms with Gasteiger partial charge < -0.3 is 13.5 Å². The second kappa shape index (κ2) is 7.01. The predicted molar refractivity (Wildman–Crippen MR) is 111 cm³/mol. The van der Waals surface area contributed by atoms with Crippen molar-refractivity contribution in [3.63, 3.8) is 0 Å². The summed E-state index contributed by atoms with van der Waals surface area (Å²) >= 11 is 1.54. The first kappa shape index (κ1) is 18.1. The van der Waals surface area contributed by atoms with Gasteiger partial charge in [-0.1, -0.05) is 36.0 Å². The maximum absolute atomic E-state index is 10.0. The number of methoxy groups -OCH3 is 1. The molecule has 0 amide bonds. The van der Waals surface area contributed by atoms with Crippen LogP contribution in [0.4, 0.5) is 0 Å². The molecule has 0 saturated heterocycles. The number of nitrogens with zero attached hydrogens (tertiary/aromatic N) is 1. The number of benzene rings is 2. The Labute approximate surface area is 163 Å². The van der Waals surface area contributed by atoms with Crippen molar-refractivity contribution in [1.29, 1.82) is 0 Å². The molecule has 0 atom stereocenters. The van der Waals surface area contributed by atoms with Crippen molar-refractivity contribution in [1.82, 2.24) is 4.57 Å². The third kappa shape index (κ3) is 3.59. The molecule has 1 aliphatic heterocycles. The number of para-hydroxylation sites is 1. The van der Waals surface area contributed by atoms with Gasteiger partial charge in [0.05, 0.1) is 23.4 Å². The van der Waals surface area contributed by atoms with Crippen molar-refractivity contribution in [2.45, 2.75) is 4.90 Å². The second-order valence-electron chi connectivity index (χ2n) is 6.07. The highest BCUT2D eigenvalue weighted by Gasteiger charge is 2.27. The number of hydrogen-bond donors (Lipinski definition) is 2. The Bertz CT molecular complexity index is 1000. The van der Waals surface area contributed by atoms with Gasteiger partial charge in [-0.3, -0.25) is 9.11 Å². The van der Waals surface area contributed by atoms with Crippen LogP contribution in [0.25, 0.3) is 16.4 Å². The molecule has 2 heterocycles. The minimum Gasteiger partial charge on any atom is -0.497 e. The summed E-state index contributed by atoms with van der Waals surface area (Å²) in [4.78, 5) is 1.86. The van der Waals surface area contributed by atoms with Crippen LogP contribution in [0, 0.1) is 0 Å². The Hall–Kier alpha value is -2.32. The van der Waals surface area contributed by atoms with Crippen molar-refractivity contribution in [3.05, 3.63) is 78.1 Å². The lowest BCUT2D eigenvalue weighted by Gasteiger charge is -2.25. The standard InChI is InChI=1S/C20H19NO4S2/c1-24-15-11-9-14(10-12-15)20-19(25-27(2,22)23)17-7-5-13-21(17)16-6-3-4-8-18(16)26-20/h3-13,22-23H,1-2H3. The quantitative estimate of drug-likeness (QED) is 0.584. The Morgan fingerprint density at radius 1 is 0.963 bits per heavy atom. The van der Waals surface area contributed by atoms with Crippen molar-refractivity contribution >= 4 is 33.3 Å². The van der Waals surface area contributed by atoms with Crippen molar-refractivity contribution in [2.24, 2.45) is 0 Å². The van der Waals surface area contributed by atoms with E-state index in [4.69, 9.17) is 8.92 Å². The molecule has 4 rings (SSSR count). The monoisotopic (exact) mass is 401 g/mol. The molecule has 2 aromatic carbocycles. The highest BCUT2D eigenvalue weighted by Crippen LogP contribution is 2.51. The number of hydrogen-bond acceptors (Lipinski definition) is 5. The van der Waals surface area contributed by atoms with Crippen LogP contribution >= 0.6 is 22.6 Å². The largest absolute Gasteiger partial charge is 0.497 e. The van der Waals surface area contributed by atoms with E-state index in [0.29, 0.717) is 5.76 Å². The molecule has 0 aliphatic carbocycles. The summed E-state index contributed by atoms with van der Waals surface area (Å²) in [6, 6.07) is 19.5. The van der Waals surface area contributed by atoms with Gasteiger partial charge in [0, 0.05) is 17.3 Å². The lowest BCUT2D eigenvalue weighted by Crippen LogP contribution is -2.04. The van der Waals surface area contributed by atoms with E-state index in [1.54, 1.807) is 7.11 Å². The highest BCUT2D eigenvalue weighted by molar-refractivity contribution is 8.19. The second-order valence-corrected chi connectivity index (χ2v) is 8.81. The van der Waals surface area contributed by atoms with Gasteiger partial charge in [-0.05, 0) is 42.0 Å². The van der Waals surface area contributed by atoms with Crippen molar-refractivity contribution in [2.75, 3.05) is 13.4 Å².